The molecular formula is C14H21ClN2OS. The number of halogens is 1. The van der Waals surface area contributed by atoms with Crippen molar-refractivity contribution in [2.45, 2.75) is 25.4 Å². The zero-order valence-corrected chi connectivity index (χ0v) is 13.0. The molecule has 2 unspecified atom stereocenters. The Morgan fingerprint density at radius 2 is 2.05 bits per heavy atom. The molecule has 3 nitrogen and oxygen atoms in total. The number of nitrogens with zero attached hydrogens (tertiary/aromatic N) is 1. The molecule has 0 radical (unpaired) electrons. The van der Waals surface area contributed by atoms with Crippen LogP contribution >= 0.6 is 24.2 Å². The first-order valence-electron chi connectivity index (χ1n) is 6.26. The second kappa shape index (κ2) is 7.17. The molecule has 0 spiro atoms. The summed E-state index contributed by atoms with van der Waals surface area (Å²) in [5.41, 5.74) is 8.13. The monoisotopic (exact) mass is 300 g/mol. The lowest BCUT2D eigenvalue weighted by atomic mass is 10.0. The van der Waals surface area contributed by atoms with E-state index in [1.165, 1.54) is 5.56 Å². The molecule has 1 heterocycles. The van der Waals surface area contributed by atoms with Crippen LogP contribution in [0.1, 0.15) is 23.6 Å². The molecular weight excluding hydrogens is 280 g/mol. The van der Waals surface area contributed by atoms with Crippen LogP contribution in [0.25, 0.3) is 0 Å². The maximum atomic E-state index is 12.3. The number of carbonyl (C=O) groups is 1. The lowest BCUT2D eigenvalue weighted by molar-refractivity contribution is -0.133. The largest absolute Gasteiger partial charge is 0.340 e. The first kappa shape index (κ1) is 16.3. The molecule has 1 aliphatic heterocycles. The fourth-order valence-electron chi connectivity index (χ4n) is 2.14. The summed E-state index contributed by atoms with van der Waals surface area (Å²) < 4.78 is 0. The first-order chi connectivity index (χ1) is 8.59. The van der Waals surface area contributed by atoms with Gasteiger partial charge in [-0.3, -0.25) is 4.79 Å². The van der Waals surface area contributed by atoms with Crippen LogP contribution in [0.2, 0.25) is 0 Å². The molecule has 5 heteroatoms. The molecule has 19 heavy (non-hydrogen) atoms. The van der Waals surface area contributed by atoms with Crippen molar-refractivity contribution in [3.63, 3.8) is 0 Å². The van der Waals surface area contributed by atoms with Gasteiger partial charge in [0.1, 0.15) is 6.04 Å². The normalized spacial score (nSPS) is 19.6. The quantitative estimate of drug-likeness (QED) is 0.932. The third-order valence-corrected chi connectivity index (χ3v) is 4.65. The van der Waals surface area contributed by atoms with Gasteiger partial charge in [0.15, 0.2) is 0 Å². The van der Waals surface area contributed by atoms with E-state index in [0.717, 1.165) is 23.5 Å². The fraction of sp³-hybridized carbons (Fsp3) is 0.500. The summed E-state index contributed by atoms with van der Waals surface area (Å²) in [6.45, 7) is 2.03. The van der Waals surface area contributed by atoms with Crippen LogP contribution in [0, 0.1) is 6.92 Å². The van der Waals surface area contributed by atoms with Crippen LogP contribution in [-0.2, 0) is 4.79 Å². The number of hydrogen-bond acceptors (Lipinski definition) is 3. The third-order valence-electron chi connectivity index (χ3n) is 3.50. The molecule has 2 N–H and O–H groups in total. The summed E-state index contributed by atoms with van der Waals surface area (Å²) in [7, 11) is 1.87. The SMILES string of the molecule is Cc1ccc(C(N)C(=O)N(C)C2CCSC2)cc1.Cl. The Balaban J connectivity index is 0.00000180. The molecule has 2 rings (SSSR count). The van der Waals surface area contributed by atoms with Crippen LogP contribution in [0.3, 0.4) is 0 Å². The summed E-state index contributed by atoms with van der Waals surface area (Å²) in [6.07, 6.45) is 1.08. The Kier molecular flexibility index (Phi) is 6.17. The number of aryl methyl sites for hydroxylation is 1. The number of thioether (sulfide) groups is 1. The van der Waals surface area contributed by atoms with E-state index >= 15 is 0 Å². The average molecular weight is 301 g/mol. The van der Waals surface area contributed by atoms with Crippen molar-refractivity contribution >= 4 is 30.1 Å². The Morgan fingerprint density at radius 1 is 1.42 bits per heavy atom. The lowest BCUT2D eigenvalue weighted by Gasteiger charge is -2.26. The molecule has 1 aromatic carbocycles. The molecule has 1 fully saturated rings. The van der Waals surface area contributed by atoms with Gasteiger partial charge in [0.2, 0.25) is 5.91 Å². The van der Waals surface area contributed by atoms with Gasteiger partial charge in [-0.05, 0) is 24.7 Å². The standard InChI is InChI=1S/C14H20N2OS.ClH/c1-10-3-5-11(6-4-10)13(15)14(17)16(2)12-7-8-18-9-12;/h3-6,12-13H,7-9,15H2,1-2H3;1H. The number of carbonyl (C=O) groups excluding carboxylic acids is 1. The average Bonchev–Trinajstić information content (AvgIpc) is 2.91. The lowest BCUT2D eigenvalue weighted by Crippen LogP contribution is -2.42. The Labute approximate surface area is 125 Å². The van der Waals surface area contributed by atoms with Crippen molar-refractivity contribution in [2.24, 2.45) is 5.73 Å². The van der Waals surface area contributed by atoms with Gasteiger partial charge in [-0.1, -0.05) is 29.8 Å². The Hall–Kier alpha value is -0.710. The fourth-order valence-corrected chi connectivity index (χ4v) is 3.41. The molecule has 1 aromatic rings. The summed E-state index contributed by atoms with van der Waals surface area (Å²) in [4.78, 5) is 14.1. The molecule has 1 aliphatic rings. The maximum Gasteiger partial charge on any atom is 0.244 e. The third kappa shape index (κ3) is 3.88. The van der Waals surface area contributed by atoms with Gasteiger partial charge in [-0.2, -0.15) is 11.8 Å². The van der Waals surface area contributed by atoms with E-state index in [9.17, 15) is 4.79 Å². The Morgan fingerprint density at radius 3 is 2.58 bits per heavy atom. The van der Waals surface area contributed by atoms with Crippen molar-refractivity contribution in [3.05, 3.63) is 35.4 Å². The van der Waals surface area contributed by atoms with Crippen LogP contribution < -0.4 is 5.73 Å². The minimum absolute atomic E-state index is 0. The van der Waals surface area contributed by atoms with Crippen molar-refractivity contribution < 1.29 is 4.79 Å². The van der Waals surface area contributed by atoms with Crippen LogP contribution in [0.4, 0.5) is 0 Å². The number of benzene rings is 1. The number of rotatable bonds is 3. The summed E-state index contributed by atoms with van der Waals surface area (Å²) in [6, 6.07) is 7.67. The molecule has 106 valence electrons. The van der Waals surface area contributed by atoms with Gasteiger partial charge in [0, 0.05) is 18.8 Å². The van der Waals surface area contributed by atoms with Crippen LogP contribution in [0.5, 0.6) is 0 Å². The molecule has 1 amide bonds. The molecule has 0 bridgehead atoms. The van der Waals surface area contributed by atoms with Crippen LogP contribution in [-0.4, -0.2) is 35.4 Å². The topological polar surface area (TPSA) is 46.3 Å². The summed E-state index contributed by atoms with van der Waals surface area (Å²) in [5.74, 6) is 2.19. The van der Waals surface area contributed by atoms with Crippen molar-refractivity contribution in [1.29, 1.82) is 0 Å². The van der Waals surface area contributed by atoms with Gasteiger partial charge in [0.05, 0.1) is 0 Å². The summed E-state index contributed by atoms with van der Waals surface area (Å²) >= 11 is 1.90. The van der Waals surface area contributed by atoms with E-state index < -0.39 is 6.04 Å². The van der Waals surface area contributed by atoms with E-state index in [1.54, 1.807) is 0 Å². The molecule has 0 saturated carbocycles. The van der Waals surface area contributed by atoms with Crippen molar-refractivity contribution in [2.75, 3.05) is 18.6 Å². The second-order valence-electron chi connectivity index (χ2n) is 4.85. The highest BCUT2D eigenvalue weighted by Gasteiger charge is 2.27. The molecule has 2 atom stereocenters. The van der Waals surface area contributed by atoms with Crippen molar-refractivity contribution in [3.8, 4) is 0 Å². The highest BCUT2D eigenvalue weighted by atomic mass is 35.5. The highest BCUT2D eigenvalue weighted by molar-refractivity contribution is 7.99. The highest BCUT2D eigenvalue weighted by Crippen LogP contribution is 2.23. The van der Waals surface area contributed by atoms with E-state index in [1.807, 2.05) is 54.9 Å². The molecule has 1 saturated heterocycles. The predicted octanol–water partition coefficient (Wildman–Crippen LogP) is 2.38. The van der Waals surface area contributed by atoms with E-state index in [2.05, 4.69) is 0 Å². The zero-order valence-electron chi connectivity index (χ0n) is 11.3. The molecule has 0 aliphatic carbocycles. The number of hydrogen-bond donors (Lipinski definition) is 1. The minimum atomic E-state index is -0.541. The van der Waals surface area contributed by atoms with Gasteiger partial charge < -0.3 is 10.6 Å². The van der Waals surface area contributed by atoms with Crippen LogP contribution in [0.15, 0.2) is 24.3 Å². The van der Waals surface area contributed by atoms with E-state index in [-0.39, 0.29) is 18.3 Å². The van der Waals surface area contributed by atoms with Gasteiger partial charge >= 0.3 is 0 Å². The van der Waals surface area contributed by atoms with E-state index in [4.69, 9.17) is 5.73 Å². The van der Waals surface area contributed by atoms with E-state index in [0.29, 0.717) is 6.04 Å². The van der Waals surface area contributed by atoms with Crippen molar-refractivity contribution in [1.82, 2.24) is 4.90 Å². The second-order valence-corrected chi connectivity index (χ2v) is 6.00. The predicted molar refractivity (Wildman–Crippen MR) is 83.9 cm³/mol. The Bertz CT molecular complexity index is 418. The van der Waals surface area contributed by atoms with Gasteiger partial charge in [-0.15, -0.1) is 12.4 Å². The molecule has 0 aromatic heterocycles. The minimum Gasteiger partial charge on any atom is -0.340 e. The smallest absolute Gasteiger partial charge is 0.244 e. The number of amides is 1. The maximum absolute atomic E-state index is 12.3. The first-order valence-corrected chi connectivity index (χ1v) is 7.41. The number of likely N-dealkylation sites (N-methyl/N-ethyl adjacent to an activating group) is 1. The number of nitrogens with two attached hydrogens (primary N) is 1. The van der Waals surface area contributed by atoms with Gasteiger partial charge in [0.25, 0.3) is 0 Å². The summed E-state index contributed by atoms with van der Waals surface area (Å²) in [5, 5.41) is 0. The van der Waals surface area contributed by atoms with Gasteiger partial charge in [-0.25, -0.2) is 0 Å². The zero-order chi connectivity index (χ0) is 13.1.